The lowest BCUT2D eigenvalue weighted by Crippen LogP contribution is -2.55. The molecule has 1 atom stereocenters. The lowest BCUT2D eigenvalue weighted by molar-refractivity contribution is -0.0623. The van der Waals surface area contributed by atoms with Crippen LogP contribution in [0.4, 0.5) is 0 Å². The zero-order chi connectivity index (χ0) is 13.1. The molecule has 2 aliphatic rings. The summed E-state index contributed by atoms with van der Waals surface area (Å²) in [5, 5.41) is 13.5. The monoisotopic (exact) mass is 262 g/mol. The number of hydrogen-bond acceptors (Lipinski definition) is 4. The molecular weight excluding hydrogens is 240 g/mol. The van der Waals surface area contributed by atoms with Gasteiger partial charge in [0.15, 0.2) is 0 Å². The van der Waals surface area contributed by atoms with E-state index >= 15 is 0 Å². The van der Waals surface area contributed by atoms with Crippen molar-refractivity contribution in [2.24, 2.45) is 0 Å². The Hall–Kier alpha value is -0.940. The molecule has 104 valence electrons. The maximum absolute atomic E-state index is 10.1. The zero-order valence-corrected chi connectivity index (χ0v) is 11.3. The number of fused-ring (bicyclic) bond motifs is 1. The number of aliphatic hydroxyl groups is 1. The van der Waals surface area contributed by atoms with Gasteiger partial charge in [-0.05, 0) is 24.1 Å². The topological polar surface area (TPSA) is 44.7 Å². The second kappa shape index (κ2) is 5.59. The zero-order valence-electron chi connectivity index (χ0n) is 11.3. The third-order valence-electron chi connectivity index (χ3n) is 4.32. The molecule has 1 fully saturated rings. The maximum atomic E-state index is 10.1. The summed E-state index contributed by atoms with van der Waals surface area (Å²) >= 11 is 0. The number of rotatable bonds is 2. The van der Waals surface area contributed by atoms with Crippen molar-refractivity contribution in [2.75, 3.05) is 39.4 Å². The molecule has 4 heteroatoms. The number of benzene rings is 1. The van der Waals surface area contributed by atoms with Gasteiger partial charge in [0.1, 0.15) is 0 Å². The van der Waals surface area contributed by atoms with Crippen molar-refractivity contribution in [1.29, 1.82) is 0 Å². The molecule has 0 bridgehead atoms. The summed E-state index contributed by atoms with van der Waals surface area (Å²) in [4.78, 5) is 2.39. The molecule has 0 saturated carbocycles. The van der Waals surface area contributed by atoms with E-state index in [1.165, 1.54) is 11.1 Å². The SMILES string of the molecule is OCC1(N2CCCNCC2)COCc2ccccc21. The molecule has 2 N–H and O–H groups in total. The molecule has 2 aliphatic heterocycles. The normalized spacial score (nSPS) is 28.7. The van der Waals surface area contributed by atoms with Crippen LogP contribution in [0, 0.1) is 0 Å². The van der Waals surface area contributed by atoms with Crippen molar-refractivity contribution in [3.8, 4) is 0 Å². The lowest BCUT2D eigenvalue weighted by atomic mass is 9.84. The Balaban J connectivity index is 1.98. The van der Waals surface area contributed by atoms with Gasteiger partial charge in [-0.25, -0.2) is 0 Å². The minimum absolute atomic E-state index is 0.115. The molecule has 1 aromatic rings. The molecule has 3 rings (SSSR count). The van der Waals surface area contributed by atoms with E-state index in [2.05, 4.69) is 28.4 Å². The van der Waals surface area contributed by atoms with Crippen molar-refractivity contribution in [3.05, 3.63) is 35.4 Å². The molecule has 0 radical (unpaired) electrons. The van der Waals surface area contributed by atoms with E-state index in [0.717, 1.165) is 32.6 Å². The van der Waals surface area contributed by atoms with E-state index in [-0.39, 0.29) is 12.1 Å². The predicted molar refractivity (Wildman–Crippen MR) is 73.9 cm³/mol. The first-order valence-electron chi connectivity index (χ1n) is 7.09. The number of ether oxygens (including phenoxy) is 1. The Labute approximate surface area is 114 Å². The molecule has 1 aromatic carbocycles. The van der Waals surface area contributed by atoms with Crippen LogP contribution in [-0.4, -0.2) is 49.4 Å². The van der Waals surface area contributed by atoms with Gasteiger partial charge in [-0.1, -0.05) is 24.3 Å². The van der Waals surface area contributed by atoms with Crippen molar-refractivity contribution < 1.29 is 9.84 Å². The van der Waals surface area contributed by atoms with Gasteiger partial charge in [-0.2, -0.15) is 0 Å². The van der Waals surface area contributed by atoms with Crippen molar-refractivity contribution in [1.82, 2.24) is 10.2 Å². The van der Waals surface area contributed by atoms with Gasteiger partial charge < -0.3 is 15.2 Å². The molecule has 0 aliphatic carbocycles. The van der Waals surface area contributed by atoms with Crippen LogP contribution < -0.4 is 5.32 Å². The number of aliphatic hydroxyl groups excluding tert-OH is 1. The Kier molecular flexibility index (Phi) is 3.84. The summed E-state index contributed by atoms with van der Waals surface area (Å²) in [5.74, 6) is 0. The van der Waals surface area contributed by atoms with Crippen LogP contribution in [0.25, 0.3) is 0 Å². The van der Waals surface area contributed by atoms with Crippen LogP contribution >= 0.6 is 0 Å². The largest absolute Gasteiger partial charge is 0.394 e. The molecule has 4 nitrogen and oxygen atoms in total. The first kappa shape index (κ1) is 13.1. The minimum Gasteiger partial charge on any atom is -0.394 e. The minimum atomic E-state index is -0.360. The number of nitrogens with zero attached hydrogens (tertiary/aromatic N) is 1. The van der Waals surface area contributed by atoms with Gasteiger partial charge in [0.25, 0.3) is 0 Å². The van der Waals surface area contributed by atoms with Crippen LogP contribution in [0.1, 0.15) is 17.5 Å². The van der Waals surface area contributed by atoms with E-state index in [1.807, 2.05) is 6.07 Å². The lowest BCUT2D eigenvalue weighted by Gasteiger charge is -2.45. The summed E-state index contributed by atoms with van der Waals surface area (Å²) in [6.07, 6.45) is 1.11. The molecular formula is C15H22N2O2. The molecule has 1 unspecified atom stereocenters. The molecule has 0 spiro atoms. The molecule has 0 amide bonds. The second-order valence-corrected chi connectivity index (χ2v) is 5.43. The van der Waals surface area contributed by atoms with Gasteiger partial charge in [-0.3, -0.25) is 4.90 Å². The first-order valence-corrected chi connectivity index (χ1v) is 7.09. The highest BCUT2D eigenvalue weighted by Gasteiger charge is 2.42. The van der Waals surface area contributed by atoms with Crippen molar-refractivity contribution in [3.63, 3.8) is 0 Å². The smallest absolute Gasteiger partial charge is 0.0934 e. The summed E-state index contributed by atoms with van der Waals surface area (Å²) < 4.78 is 5.77. The average molecular weight is 262 g/mol. The van der Waals surface area contributed by atoms with E-state index in [1.54, 1.807) is 0 Å². The fourth-order valence-corrected chi connectivity index (χ4v) is 3.27. The van der Waals surface area contributed by atoms with Crippen LogP contribution in [0.15, 0.2) is 24.3 Å². The Morgan fingerprint density at radius 3 is 3.05 bits per heavy atom. The van der Waals surface area contributed by atoms with Crippen LogP contribution in [0.2, 0.25) is 0 Å². The van der Waals surface area contributed by atoms with E-state index < -0.39 is 0 Å². The van der Waals surface area contributed by atoms with Crippen molar-refractivity contribution in [2.45, 2.75) is 18.6 Å². The fraction of sp³-hybridized carbons (Fsp3) is 0.600. The molecule has 2 heterocycles. The van der Waals surface area contributed by atoms with Gasteiger partial charge >= 0.3 is 0 Å². The first-order chi connectivity index (χ1) is 9.37. The highest BCUT2D eigenvalue weighted by molar-refractivity contribution is 5.35. The predicted octanol–water partition coefficient (Wildman–Crippen LogP) is 0.700. The summed E-state index contributed by atoms with van der Waals surface area (Å²) in [6, 6.07) is 8.35. The van der Waals surface area contributed by atoms with Crippen LogP contribution in [0.5, 0.6) is 0 Å². The van der Waals surface area contributed by atoms with E-state index in [9.17, 15) is 5.11 Å². The van der Waals surface area contributed by atoms with Gasteiger partial charge in [0, 0.05) is 19.6 Å². The molecule has 1 saturated heterocycles. The van der Waals surface area contributed by atoms with E-state index in [0.29, 0.717) is 13.2 Å². The third kappa shape index (κ3) is 2.30. The standard InChI is InChI=1S/C15H22N2O2/c18-11-15(17-8-3-6-16-7-9-17)12-19-10-13-4-1-2-5-14(13)15/h1-2,4-5,16,18H,3,6-12H2. The number of hydrogen-bond donors (Lipinski definition) is 2. The van der Waals surface area contributed by atoms with Gasteiger partial charge in [0.2, 0.25) is 0 Å². The summed E-state index contributed by atoms with van der Waals surface area (Å²) in [7, 11) is 0. The number of nitrogens with one attached hydrogen (secondary N) is 1. The Morgan fingerprint density at radius 1 is 1.26 bits per heavy atom. The van der Waals surface area contributed by atoms with E-state index in [4.69, 9.17) is 4.74 Å². The maximum Gasteiger partial charge on any atom is 0.0934 e. The quantitative estimate of drug-likeness (QED) is 0.823. The average Bonchev–Trinajstić information content (AvgIpc) is 2.76. The van der Waals surface area contributed by atoms with Crippen molar-refractivity contribution >= 4 is 0 Å². The van der Waals surface area contributed by atoms with Crippen LogP contribution in [-0.2, 0) is 16.9 Å². The highest BCUT2D eigenvalue weighted by atomic mass is 16.5. The molecule has 0 aromatic heterocycles. The third-order valence-corrected chi connectivity index (χ3v) is 4.32. The highest BCUT2D eigenvalue weighted by Crippen LogP contribution is 2.35. The Morgan fingerprint density at radius 2 is 2.16 bits per heavy atom. The second-order valence-electron chi connectivity index (χ2n) is 5.43. The van der Waals surface area contributed by atoms with Gasteiger partial charge in [-0.15, -0.1) is 0 Å². The van der Waals surface area contributed by atoms with Crippen LogP contribution in [0.3, 0.4) is 0 Å². The fourth-order valence-electron chi connectivity index (χ4n) is 3.27. The molecule has 19 heavy (non-hydrogen) atoms. The Bertz CT molecular complexity index is 430. The summed E-state index contributed by atoms with van der Waals surface area (Å²) in [6.45, 7) is 5.35. The summed E-state index contributed by atoms with van der Waals surface area (Å²) in [5.41, 5.74) is 2.09. The van der Waals surface area contributed by atoms with Gasteiger partial charge in [0.05, 0.1) is 25.4 Å².